The van der Waals surface area contributed by atoms with Crippen molar-refractivity contribution in [3.63, 3.8) is 0 Å². The molecule has 96 valence electrons. The molecule has 0 aromatic heterocycles. The lowest BCUT2D eigenvalue weighted by molar-refractivity contribution is -0.181. The van der Waals surface area contributed by atoms with Crippen molar-refractivity contribution < 1.29 is 9.84 Å². The van der Waals surface area contributed by atoms with Crippen molar-refractivity contribution in [1.29, 1.82) is 5.26 Å². The quantitative estimate of drug-likeness (QED) is 0.762. The van der Waals surface area contributed by atoms with Gasteiger partial charge in [0.1, 0.15) is 0 Å². The number of rotatable bonds is 1. The number of ether oxygens (including phenoxy) is 1. The molecule has 0 amide bonds. The Morgan fingerprint density at radius 2 is 2.06 bits per heavy atom. The van der Waals surface area contributed by atoms with Gasteiger partial charge in [-0.1, -0.05) is 6.92 Å². The molecule has 3 atom stereocenters. The van der Waals surface area contributed by atoms with Crippen molar-refractivity contribution in [2.45, 2.75) is 64.1 Å². The second-order valence-electron chi connectivity index (χ2n) is 6.61. The average molecular weight is 237 g/mol. The molecule has 0 bridgehead atoms. The van der Waals surface area contributed by atoms with Crippen LogP contribution in [0.25, 0.3) is 0 Å². The lowest BCUT2D eigenvalue weighted by Crippen LogP contribution is -2.55. The summed E-state index contributed by atoms with van der Waals surface area (Å²) in [5.74, 6) is 0.546. The molecule has 0 aromatic carbocycles. The van der Waals surface area contributed by atoms with Gasteiger partial charge in [0.2, 0.25) is 0 Å². The molecule has 1 saturated carbocycles. The van der Waals surface area contributed by atoms with Crippen LogP contribution >= 0.6 is 0 Å². The first-order valence-corrected chi connectivity index (χ1v) is 6.60. The van der Waals surface area contributed by atoms with Crippen LogP contribution in [-0.4, -0.2) is 22.9 Å². The van der Waals surface area contributed by atoms with Gasteiger partial charge in [-0.05, 0) is 39.0 Å². The number of hydrogen-bond donors (Lipinski definition) is 1. The summed E-state index contributed by atoms with van der Waals surface area (Å²) in [5, 5.41) is 20.5. The van der Waals surface area contributed by atoms with E-state index in [2.05, 4.69) is 13.0 Å². The minimum absolute atomic E-state index is 0.317. The second-order valence-corrected chi connectivity index (χ2v) is 6.61. The highest BCUT2D eigenvalue weighted by Crippen LogP contribution is 2.54. The maximum absolute atomic E-state index is 11.0. The van der Waals surface area contributed by atoms with Gasteiger partial charge in [-0.15, -0.1) is 0 Å². The van der Waals surface area contributed by atoms with Gasteiger partial charge in [0.15, 0.2) is 0 Å². The lowest BCUT2D eigenvalue weighted by atomic mass is 9.64. The first kappa shape index (κ1) is 12.9. The van der Waals surface area contributed by atoms with Crippen LogP contribution in [0.3, 0.4) is 0 Å². The maximum atomic E-state index is 11.0. The van der Waals surface area contributed by atoms with Crippen molar-refractivity contribution >= 4 is 0 Å². The Morgan fingerprint density at radius 3 is 2.53 bits per heavy atom. The fourth-order valence-electron chi connectivity index (χ4n) is 3.67. The molecule has 1 aliphatic heterocycles. The second kappa shape index (κ2) is 3.96. The van der Waals surface area contributed by atoms with Gasteiger partial charge in [0, 0.05) is 12.8 Å². The Balaban J connectivity index is 2.28. The Labute approximate surface area is 104 Å². The third-order valence-corrected chi connectivity index (χ3v) is 4.59. The number of nitriles is 1. The van der Waals surface area contributed by atoms with Crippen LogP contribution in [0.15, 0.2) is 0 Å². The van der Waals surface area contributed by atoms with Crippen molar-refractivity contribution in [2.24, 2.45) is 11.3 Å². The van der Waals surface area contributed by atoms with Gasteiger partial charge in [0.05, 0.1) is 29.3 Å². The van der Waals surface area contributed by atoms with Gasteiger partial charge in [0.25, 0.3) is 0 Å². The fourth-order valence-corrected chi connectivity index (χ4v) is 3.67. The molecule has 0 radical (unpaired) electrons. The molecule has 2 rings (SSSR count). The topological polar surface area (TPSA) is 53.2 Å². The molecule has 3 nitrogen and oxygen atoms in total. The summed E-state index contributed by atoms with van der Waals surface area (Å²) in [4.78, 5) is 0. The van der Waals surface area contributed by atoms with Crippen molar-refractivity contribution in [1.82, 2.24) is 0 Å². The summed E-state index contributed by atoms with van der Waals surface area (Å²) < 4.78 is 5.67. The van der Waals surface area contributed by atoms with E-state index >= 15 is 0 Å². The average Bonchev–Trinajstić information content (AvgIpc) is 2.60. The van der Waals surface area contributed by atoms with E-state index in [-0.39, 0.29) is 5.60 Å². The van der Waals surface area contributed by atoms with Crippen LogP contribution < -0.4 is 0 Å². The van der Waals surface area contributed by atoms with Gasteiger partial charge < -0.3 is 9.84 Å². The van der Waals surface area contributed by atoms with E-state index in [1.165, 1.54) is 0 Å². The largest absolute Gasteiger partial charge is 0.388 e. The SMILES string of the molecule is CC1CCC(C#N)(C2(O)CCOC(C)(C)C2)C1. The molecule has 0 aromatic rings. The fraction of sp³-hybridized carbons (Fsp3) is 0.929. The third-order valence-electron chi connectivity index (χ3n) is 4.59. The van der Waals surface area contributed by atoms with Crippen LogP contribution in [0.5, 0.6) is 0 Å². The predicted octanol–water partition coefficient (Wildman–Crippen LogP) is 2.64. The van der Waals surface area contributed by atoms with E-state index in [9.17, 15) is 10.4 Å². The smallest absolute Gasteiger partial charge is 0.0882 e. The van der Waals surface area contributed by atoms with Crippen LogP contribution in [0.4, 0.5) is 0 Å². The molecule has 3 heteroatoms. The van der Waals surface area contributed by atoms with Crippen molar-refractivity contribution in [3.05, 3.63) is 0 Å². The van der Waals surface area contributed by atoms with E-state index < -0.39 is 11.0 Å². The summed E-state index contributed by atoms with van der Waals surface area (Å²) >= 11 is 0. The monoisotopic (exact) mass is 237 g/mol. The Morgan fingerprint density at radius 1 is 1.35 bits per heavy atom. The standard InChI is InChI=1S/C14H23NO2/c1-11-4-5-13(8-11,10-15)14(16)6-7-17-12(2,3)9-14/h11,16H,4-9H2,1-3H3. The van der Waals surface area contributed by atoms with E-state index in [1.54, 1.807) is 0 Å². The van der Waals surface area contributed by atoms with Gasteiger partial charge in [-0.25, -0.2) is 0 Å². The number of hydrogen-bond acceptors (Lipinski definition) is 3. The van der Waals surface area contributed by atoms with Crippen LogP contribution in [0.1, 0.15) is 52.9 Å². The minimum atomic E-state index is -0.867. The first-order chi connectivity index (χ1) is 7.83. The molecule has 2 fully saturated rings. The molecular formula is C14H23NO2. The van der Waals surface area contributed by atoms with Crippen molar-refractivity contribution in [2.75, 3.05) is 6.61 Å². The van der Waals surface area contributed by atoms with Crippen LogP contribution in [0.2, 0.25) is 0 Å². The highest BCUT2D eigenvalue weighted by Gasteiger charge is 2.57. The Kier molecular flexibility index (Phi) is 3.00. The van der Waals surface area contributed by atoms with Crippen LogP contribution in [-0.2, 0) is 4.74 Å². The molecule has 1 N–H and O–H groups in total. The lowest BCUT2D eigenvalue weighted by Gasteiger charge is -2.48. The van der Waals surface area contributed by atoms with Crippen molar-refractivity contribution in [3.8, 4) is 6.07 Å². The highest BCUT2D eigenvalue weighted by molar-refractivity contribution is 5.16. The molecule has 1 heterocycles. The summed E-state index contributed by atoms with van der Waals surface area (Å²) in [6, 6.07) is 2.45. The summed E-state index contributed by atoms with van der Waals surface area (Å²) in [5.41, 5.74) is -1.73. The van der Waals surface area contributed by atoms with E-state index in [4.69, 9.17) is 4.74 Å². The predicted molar refractivity (Wildman–Crippen MR) is 65.3 cm³/mol. The molecule has 17 heavy (non-hydrogen) atoms. The maximum Gasteiger partial charge on any atom is 0.0882 e. The summed E-state index contributed by atoms with van der Waals surface area (Å²) in [6.07, 6.45) is 3.88. The number of nitrogens with zero attached hydrogens (tertiary/aromatic N) is 1. The van der Waals surface area contributed by atoms with E-state index in [1.807, 2.05) is 13.8 Å². The zero-order valence-electron chi connectivity index (χ0n) is 11.1. The molecule has 1 saturated heterocycles. The zero-order chi connectivity index (χ0) is 12.7. The third kappa shape index (κ3) is 2.09. The molecule has 2 aliphatic rings. The van der Waals surface area contributed by atoms with Gasteiger partial charge in [-0.3, -0.25) is 0 Å². The zero-order valence-corrected chi connectivity index (χ0v) is 11.1. The molecule has 0 spiro atoms. The molecule has 1 aliphatic carbocycles. The summed E-state index contributed by atoms with van der Waals surface area (Å²) in [6.45, 7) is 6.73. The molecular weight excluding hydrogens is 214 g/mol. The molecule has 3 unspecified atom stereocenters. The van der Waals surface area contributed by atoms with Crippen LogP contribution in [0, 0.1) is 22.7 Å². The van der Waals surface area contributed by atoms with E-state index in [0.29, 0.717) is 25.4 Å². The minimum Gasteiger partial charge on any atom is -0.388 e. The van der Waals surface area contributed by atoms with Gasteiger partial charge >= 0.3 is 0 Å². The normalized spacial score (nSPS) is 45.5. The summed E-state index contributed by atoms with van der Waals surface area (Å²) in [7, 11) is 0. The Hall–Kier alpha value is -0.590. The highest BCUT2D eigenvalue weighted by atomic mass is 16.5. The van der Waals surface area contributed by atoms with E-state index in [0.717, 1.165) is 19.3 Å². The van der Waals surface area contributed by atoms with Gasteiger partial charge in [-0.2, -0.15) is 5.26 Å². The first-order valence-electron chi connectivity index (χ1n) is 6.60. The number of aliphatic hydroxyl groups is 1. The Bertz CT molecular complexity index is 347.